The van der Waals surface area contributed by atoms with Crippen LogP contribution in [0.5, 0.6) is 0 Å². The molecule has 2 aromatic heterocycles. The van der Waals surface area contributed by atoms with Crippen LogP contribution in [0.4, 0.5) is 5.69 Å². The Kier molecular flexibility index (Phi) is 7.30. The Morgan fingerprint density at radius 3 is 2.39 bits per heavy atom. The van der Waals surface area contributed by atoms with Gasteiger partial charge in [0.15, 0.2) is 11.5 Å². The van der Waals surface area contributed by atoms with Crippen LogP contribution in [0, 0.1) is 5.92 Å². The van der Waals surface area contributed by atoms with Crippen molar-refractivity contribution >= 4 is 17.6 Å². The summed E-state index contributed by atoms with van der Waals surface area (Å²) in [6.45, 7) is 5.27. The second kappa shape index (κ2) is 10.9. The van der Waals surface area contributed by atoms with Crippen molar-refractivity contribution in [3.05, 3.63) is 60.4 Å². The molecule has 3 heterocycles. The summed E-state index contributed by atoms with van der Waals surface area (Å²) in [4.78, 5) is 34.0. The van der Waals surface area contributed by atoms with E-state index in [4.69, 9.17) is 4.74 Å². The fourth-order valence-electron chi connectivity index (χ4n) is 5.18. The zero-order valence-corrected chi connectivity index (χ0v) is 20.8. The van der Waals surface area contributed by atoms with E-state index in [1.54, 1.807) is 23.9 Å². The van der Waals surface area contributed by atoms with Gasteiger partial charge in [0.05, 0.1) is 12.3 Å². The number of piperazine rings is 1. The first-order valence-corrected chi connectivity index (χ1v) is 13.0. The molecular weight excluding hydrogens is 454 g/mol. The highest BCUT2D eigenvalue weighted by molar-refractivity contribution is 5.89. The van der Waals surface area contributed by atoms with E-state index in [2.05, 4.69) is 32.0 Å². The number of carbonyl (C=O) groups is 2. The van der Waals surface area contributed by atoms with Gasteiger partial charge in [0.25, 0.3) is 0 Å². The van der Waals surface area contributed by atoms with E-state index in [1.807, 2.05) is 30.3 Å². The van der Waals surface area contributed by atoms with E-state index in [9.17, 15) is 9.59 Å². The molecule has 3 aromatic rings. The van der Waals surface area contributed by atoms with Crippen LogP contribution in [-0.2, 0) is 9.53 Å². The number of hydrogen-bond acceptors (Lipinski definition) is 6. The maximum atomic E-state index is 12.9. The molecule has 1 amide bonds. The van der Waals surface area contributed by atoms with Crippen LogP contribution in [0.3, 0.4) is 0 Å². The fraction of sp³-hybridized carbons (Fsp3) is 0.429. The lowest BCUT2D eigenvalue weighted by atomic mass is 9.88. The SMILES string of the molecule is CCOC(=O)c1cc(-c2ccc(N3CCN(C(=O)C4CCCCC4)CC3)cc2)n(-c2ccccn2)n1. The Bertz CT molecular complexity index is 1180. The van der Waals surface area contributed by atoms with Crippen LogP contribution in [0.25, 0.3) is 17.1 Å². The van der Waals surface area contributed by atoms with Crippen molar-refractivity contribution in [3.8, 4) is 17.1 Å². The molecule has 1 saturated carbocycles. The van der Waals surface area contributed by atoms with Gasteiger partial charge < -0.3 is 14.5 Å². The van der Waals surface area contributed by atoms with Crippen LogP contribution in [0.1, 0.15) is 49.5 Å². The zero-order chi connectivity index (χ0) is 24.9. The molecule has 8 heteroatoms. The maximum absolute atomic E-state index is 12.9. The maximum Gasteiger partial charge on any atom is 0.358 e. The molecule has 1 saturated heterocycles. The molecule has 2 aliphatic rings. The molecule has 0 unspecified atom stereocenters. The Morgan fingerprint density at radius 1 is 0.972 bits per heavy atom. The molecule has 0 bridgehead atoms. The molecule has 1 aliphatic carbocycles. The summed E-state index contributed by atoms with van der Waals surface area (Å²) in [5.41, 5.74) is 3.07. The largest absolute Gasteiger partial charge is 0.461 e. The Balaban J connectivity index is 1.30. The van der Waals surface area contributed by atoms with Crippen molar-refractivity contribution in [1.82, 2.24) is 19.7 Å². The lowest BCUT2D eigenvalue weighted by Gasteiger charge is -2.38. The quantitative estimate of drug-likeness (QED) is 0.481. The third-order valence-corrected chi connectivity index (χ3v) is 7.13. The number of benzene rings is 1. The van der Waals surface area contributed by atoms with Gasteiger partial charge in [-0.25, -0.2) is 14.5 Å². The Morgan fingerprint density at radius 2 is 1.72 bits per heavy atom. The van der Waals surface area contributed by atoms with Crippen LogP contribution in [0.15, 0.2) is 54.7 Å². The molecule has 188 valence electrons. The van der Waals surface area contributed by atoms with Crippen LogP contribution < -0.4 is 4.90 Å². The molecule has 0 atom stereocenters. The van der Waals surface area contributed by atoms with Gasteiger partial charge in [0, 0.05) is 49.5 Å². The smallest absolute Gasteiger partial charge is 0.358 e. The van der Waals surface area contributed by atoms with Gasteiger partial charge in [-0.1, -0.05) is 37.5 Å². The van der Waals surface area contributed by atoms with Crippen molar-refractivity contribution in [1.29, 1.82) is 0 Å². The number of aromatic nitrogens is 3. The molecule has 8 nitrogen and oxygen atoms in total. The topological polar surface area (TPSA) is 80.6 Å². The van der Waals surface area contributed by atoms with E-state index < -0.39 is 5.97 Å². The van der Waals surface area contributed by atoms with Crippen molar-refractivity contribution in [2.75, 3.05) is 37.7 Å². The van der Waals surface area contributed by atoms with Gasteiger partial charge in [-0.2, -0.15) is 5.10 Å². The Hall–Kier alpha value is -3.68. The normalized spacial score (nSPS) is 16.7. The van der Waals surface area contributed by atoms with Gasteiger partial charge in [-0.15, -0.1) is 0 Å². The van der Waals surface area contributed by atoms with Gasteiger partial charge in [-0.05, 0) is 50.1 Å². The number of hydrogen-bond donors (Lipinski definition) is 0. The van der Waals surface area contributed by atoms with Gasteiger partial charge in [-0.3, -0.25) is 4.79 Å². The second-order valence-electron chi connectivity index (χ2n) is 9.43. The number of rotatable bonds is 6. The minimum atomic E-state index is -0.453. The first-order valence-electron chi connectivity index (χ1n) is 13.0. The summed E-state index contributed by atoms with van der Waals surface area (Å²) in [5, 5.41) is 4.48. The molecular formula is C28H33N5O3. The van der Waals surface area contributed by atoms with Crippen molar-refractivity contribution in [2.24, 2.45) is 5.92 Å². The third-order valence-electron chi connectivity index (χ3n) is 7.13. The average molecular weight is 488 g/mol. The van der Waals surface area contributed by atoms with Gasteiger partial charge in [0.2, 0.25) is 5.91 Å². The molecule has 36 heavy (non-hydrogen) atoms. The predicted octanol–water partition coefficient (Wildman–Crippen LogP) is 4.34. The molecule has 2 fully saturated rings. The minimum absolute atomic E-state index is 0.230. The standard InChI is InChI=1S/C28H33N5O3/c1-2-36-28(35)24-20-25(33(30-24)26-10-6-7-15-29-26)21-11-13-23(14-12-21)31-16-18-32(19-17-31)27(34)22-8-4-3-5-9-22/h6-7,10-15,20,22H,2-5,8-9,16-19H2,1H3. The Labute approximate surface area is 211 Å². The number of amides is 1. The monoisotopic (exact) mass is 487 g/mol. The third kappa shape index (κ3) is 5.12. The van der Waals surface area contributed by atoms with Gasteiger partial charge >= 0.3 is 5.97 Å². The molecule has 0 spiro atoms. The summed E-state index contributed by atoms with van der Waals surface area (Å²) in [6.07, 6.45) is 7.43. The lowest BCUT2D eigenvalue weighted by Crippen LogP contribution is -2.50. The van der Waals surface area contributed by atoms with Crippen molar-refractivity contribution < 1.29 is 14.3 Å². The highest BCUT2D eigenvalue weighted by atomic mass is 16.5. The molecule has 1 aromatic carbocycles. The first-order chi connectivity index (χ1) is 17.6. The van der Waals surface area contributed by atoms with Crippen molar-refractivity contribution in [2.45, 2.75) is 39.0 Å². The van der Waals surface area contributed by atoms with Gasteiger partial charge in [0.1, 0.15) is 0 Å². The van der Waals surface area contributed by atoms with E-state index in [1.165, 1.54) is 19.3 Å². The van der Waals surface area contributed by atoms with E-state index in [0.29, 0.717) is 18.3 Å². The molecule has 0 radical (unpaired) electrons. The number of pyridine rings is 1. The van der Waals surface area contributed by atoms with Crippen LogP contribution in [-0.4, -0.2) is 64.3 Å². The average Bonchev–Trinajstić information content (AvgIpc) is 3.40. The summed E-state index contributed by atoms with van der Waals surface area (Å²) < 4.78 is 6.84. The molecule has 1 aliphatic heterocycles. The first kappa shape index (κ1) is 24.0. The van der Waals surface area contributed by atoms with Crippen LogP contribution >= 0.6 is 0 Å². The summed E-state index contributed by atoms with van der Waals surface area (Å²) in [7, 11) is 0. The van der Waals surface area contributed by atoms with E-state index in [0.717, 1.165) is 56.0 Å². The fourth-order valence-corrected chi connectivity index (χ4v) is 5.18. The van der Waals surface area contributed by atoms with Crippen LogP contribution in [0.2, 0.25) is 0 Å². The predicted molar refractivity (Wildman–Crippen MR) is 138 cm³/mol. The second-order valence-corrected chi connectivity index (χ2v) is 9.43. The molecule has 5 rings (SSSR count). The summed E-state index contributed by atoms with van der Waals surface area (Å²) in [5.74, 6) is 0.759. The van der Waals surface area contributed by atoms with E-state index >= 15 is 0 Å². The number of anilines is 1. The summed E-state index contributed by atoms with van der Waals surface area (Å²) in [6, 6.07) is 15.6. The lowest BCUT2D eigenvalue weighted by molar-refractivity contribution is -0.136. The highest BCUT2D eigenvalue weighted by Gasteiger charge is 2.28. The van der Waals surface area contributed by atoms with E-state index in [-0.39, 0.29) is 11.6 Å². The number of esters is 1. The molecule has 0 N–H and O–H groups in total. The minimum Gasteiger partial charge on any atom is -0.461 e. The number of ether oxygens (including phenoxy) is 1. The number of carbonyl (C=O) groups excluding carboxylic acids is 2. The number of nitrogens with zero attached hydrogens (tertiary/aromatic N) is 5. The van der Waals surface area contributed by atoms with Crippen molar-refractivity contribution in [3.63, 3.8) is 0 Å². The zero-order valence-electron chi connectivity index (χ0n) is 20.8. The highest BCUT2D eigenvalue weighted by Crippen LogP contribution is 2.28. The summed E-state index contributed by atoms with van der Waals surface area (Å²) >= 11 is 0.